The molecule has 0 heterocycles. The number of nitrogens with two attached hydrogens (primary N) is 1. The summed E-state index contributed by atoms with van der Waals surface area (Å²) in [6.45, 7) is 4.34. The highest BCUT2D eigenvalue weighted by Gasteiger charge is 2.22. The molecule has 0 aliphatic rings. The van der Waals surface area contributed by atoms with Crippen LogP contribution in [0.5, 0.6) is 0 Å². The van der Waals surface area contributed by atoms with Gasteiger partial charge in [0.15, 0.2) is 0 Å². The summed E-state index contributed by atoms with van der Waals surface area (Å²) < 4.78 is 25.9. The van der Waals surface area contributed by atoms with E-state index in [4.69, 9.17) is 5.73 Å². The quantitative estimate of drug-likeness (QED) is 0.475. The van der Waals surface area contributed by atoms with Crippen molar-refractivity contribution in [2.45, 2.75) is 6.92 Å². The van der Waals surface area contributed by atoms with E-state index in [1.165, 1.54) is 6.92 Å². The molecule has 0 unspecified atom stereocenters. The van der Waals surface area contributed by atoms with Crippen LogP contribution in [0.2, 0.25) is 0 Å². The second-order valence-electron chi connectivity index (χ2n) is 2.13. The number of rotatable bonds is 4. The molecule has 0 fully saturated rings. The Labute approximate surface area is 71.3 Å². The molecule has 0 saturated heterocycles. The minimum Gasteiger partial charge on any atom is -0.328 e. The van der Waals surface area contributed by atoms with Crippen LogP contribution in [0, 0.1) is 0 Å². The van der Waals surface area contributed by atoms with Gasteiger partial charge in [0.25, 0.3) is 5.12 Å². The van der Waals surface area contributed by atoms with Crippen LogP contribution in [0.4, 0.5) is 0 Å². The molecular weight excluding hydrogens is 182 g/mol. The Bertz CT molecular complexity index is 280. The zero-order valence-electron chi connectivity index (χ0n) is 6.74. The first-order valence-electron chi connectivity index (χ1n) is 3.21. The summed E-state index contributed by atoms with van der Waals surface area (Å²) in [6, 6.07) is 0. The van der Waals surface area contributed by atoms with Gasteiger partial charge in [-0.05, 0) is 6.92 Å². The lowest BCUT2D eigenvalue weighted by Gasteiger charge is -2.01. The molecule has 12 heavy (non-hydrogen) atoms. The fourth-order valence-electron chi connectivity index (χ4n) is 0.425. The molecule has 0 amide bonds. The zero-order chi connectivity index (χ0) is 9.78. The first-order valence-corrected chi connectivity index (χ1v) is 4.62. The van der Waals surface area contributed by atoms with E-state index < -0.39 is 15.2 Å². The highest BCUT2D eigenvalue weighted by molar-refractivity contribution is 8.02. The molecular formula is C6H11NO4S. The van der Waals surface area contributed by atoms with Gasteiger partial charge in [-0.1, -0.05) is 6.58 Å². The van der Waals surface area contributed by atoms with E-state index in [1.54, 1.807) is 0 Å². The van der Waals surface area contributed by atoms with Crippen molar-refractivity contribution in [2.75, 3.05) is 13.2 Å². The van der Waals surface area contributed by atoms with E-state index in [-0.39, 0.29) is 18.7 Å². The highest BCUT2D eigenvalue weighted by Crippen LogP contribution is 2.01. The minimum absolute atomic E-state index is 0.0443. The standard InChI is InChI=1S/C6H11NO4S/c1-5(2)6(8)12(9,10)11-4-3-7/h1,3-4,7H2,2H3. The molecule has 0 spiro atoms. The van der Waals surface area contributed by atoms with Gasteiger partial charge in [0.1, 0.15) is 0 Å². The maximum Gasteiger partial charge on any atom is 0.335 e. The molecule has 0 bridgehead atoms. The minimum atomic E-state index is -4.14. The number of hydrogen-bond acceptors (Lipinski definition) is 5. The van der Waals surface area contributed by atoms with Crippen LogP contribution in [0.15, 0.2) is 12.2 Å². The average molecular weight is 193 g/mol. The van der Waals surface area contributed by atoms with Gasteiger partial charge in [-0.15, -0.1) is 0 Å². The summed E-state index contributed by atoms with van der Waals surface area (Å²) in [5.41, 5.74) is 4.91. The molecule has 0 aromatic heterocycles. The van der Waals surface area contributed by atoms with Gasteiger partial charge in [-0.2, -0.15) is 8.42 Å². The van der Waals surface area contributed by atoms with E-state index in [9.17, 15) is 13.2 Å². The lowest BCUT2D eigenvalue weighted by atomic mass is 10.4. The molecule has 0 aromatic carbocycles. The van der Waals surface area contributed by atoms with Crippen molar-refractivity contribution in [3.05, 3.63) is 12.2 Å². The lowest BCUT2D eigenvalue weighted by molar-refractivity contribution is -0.109. The monoisotopic (exact) mass is 193 g/mol. The van der Waals surface area contributed by atoms with Gasteiger partial charge in [-0.3, -0.25) is 8.98 Å². The summed E-state index contributed by atoms with van der Waals surface area (Å²) >= 11 is 0. The van der Waals surface area contributed by atoms with Gasteiger partial charge in [0, 0.05) is 12.1 Å². The van der Waals surface area contributed by atoms with E-state index in [0.29, 0.717) is 0 Å². The normalized spacial score (nSPS) is 11.2. The average Bonchev–Trinajstić information content (AvgIpc) is 1.99. The third-order valence-corrected chi connectivity index (χ3v) is 2.21. The number of carbonyl (C=O) groups excluding carboxylic acids is 1. The van der Waals surface area contributed by atoms with Crippen molar-refractivity contribution in [3.63, 3.8) is 0 Å². The molecule has 0 aliphatic heterocycles. The molecule has 0 atom stereocenters. The Morgan fingerprint density at radius 3 is 2.42 bits per heavy atom. The largest absolute Gasteiger partial charge is 0.335 e. The Morgan fingerprint density at radius 1 is 1.58 bits per heavy atom. The summed E-state index contributed by atoms with van der Waals surface area (Å²) in [4.78, 5) is 10.8. The van der Waals surface area contributed by atoms with E-state index >= 15 is 0 Å². The molecule has 0 aromatic rings. The molecule has 6 heteroatoms. The predicted octanol–water partition coefficient (Wildman–Crippen LogP) is -0.606. The molecule has 0 rings (SSSR count). The van der Waals surface area contributed by atoms with Crippen molar-refractivity contribution in [2.24, 2.45) is 5.73 Å². The van der Waals surface area contributed by atoms with Gasteiger partial charge < -0.3 is 5.73 Å². The van der Waals surface area contributed by atoms with Gasteiger partial charge in [0.05, 0.1) is 6.61 Å². The van der Waals surface area contributed by atoms with Crippen LogP contribution < -0.4 is 5.73 Å². The molecule has 0 saturated carbocycles. The van der Waals surface area contributed by atoms with Gasteiger partial charge in [0.2, 0.25) is 0 Å². The Morgan fingerprint density at radius 2 is 2.08 bits per heavy atom. The van der Waals surface area contributed by atoms with Crippen molar-refractivity contribution in [1.29, 1.82) is 0 Å². The summed E-state index contributed by atoms with van der Waals surface area (Å²) in [6.07, 6.45) is 0. The Balaban J connectivity index is 4.42. The zero-order valence-corrected chi connectivity index (χ0v) is 7.56. The summed E-state index contributed by atoms with van der Waals surface area (Å²) in [5.74, 6) is 0. The molecule has 5 nitrogen and oxygen atoms in total. The highest BCUT2D eigenvalue weighted by atomic mass is 32.2. The van der Waals surface area contributed by atoms with Crippen molar-refractivity contribution < 1.29 is 17.4 Å². The Hall–Kier alpha value is -0.720. The van der Waals surface area contributed by atoms with Crippen molar-refractivity contribution in [1.82, 2.24) is 0 Å². The SMILES string of the molecule is C=C(C)C(=O)S(=O)(=O)OCCN. The number of carbonyl (C=O) groups is 1. The van der Waals surface area contributed by atoms with Gasteiger partial charge in [-0.25, -0.2) is 0 Å². The van der Waals surface area contributed by atoms with Gasteiger partial charge >= 0.3 is 10.1 Å². The van der Waals surface area contributed by atoms with E-state index in [2.05, 4.69) is 10.8 Å². The maximum absolute atomic E-state index is 10.8. The fraction of sp³-hybridized carbons (Fsp3) is 0.500. The van der Waals surface area contributed by atoms with Crippen molar-refractivity contribution in [3.8, 4) is 0 Å². The molecule has 0 radical (unpaired) electrons. The van der Waals surface area contributed by atoms with Crippen LogP contribution in [0.3, 0.4) is 0 Å². The second kappa shape index (κ2) is 4.34. The number of hydrogen-bond donors (Lipinski definition) is 1. The van der Waals surface area contributed by atoms with Crippen LogP contribution >= 0.6 is 0 Å². The third-order valence-electron chi connectivity index (χ3n) is 0.932. The predicted molar refractivity (Wildman–Crippen MR) is 43.7 cm³/mol. The topological polar surface area (TPSA) is 86.5 Å². The molecule has 0 aliphatic carbocycles. The maximum atomic E-state index is 10.8. The lowest BCUT2D eigenvalue weighted by Crippen LogP contribution is -2.21. The van der Waals surface area contributed by atoms with E-state index in [0.717, 1.165) is 0 Å². The fourth-order valence-corrected chi connectivity index (χ4v) is 1.27. The smallest absolute Gasteiger partial charge is 0.328 e. The third kappa shape index (κ3) is 3.12. The molecule has 70 valence electrons. The first-order chi connectivity index (χ1) is 5.41. The Kier molecular flexibility index (Phi) is 4.08. The van der Waals surface area contributed by atoms with Crippen LogP contribution in [0.25, 0.3) is 0 Å². The summed E-state index contributed by atoms with van der Waals surface area (Å²) in [5, 5.41) is -1.10. The van der Waals surface area contributed by atoms with Crippen LogP contribution in [-0.4, -0.2) is 26.7 Å². The molecule has 2 N–H and O–H groups in total. The van der Waals surface area contributed by atoms with Crippen LogP contribution in [-0.2, 0) is 19.1 Å². The summed E-state index contributed by atoms with van der Waals surface area (Å²) in [7, 11) is -4.14. The van der Waals surface area contributed by atoms with Crippen LogP contribution in [0.1, 0.15) is 6.92 Å². The van der Waals surface area contributed by atoms with Crippen molar-refractivity contribution >= 4 is 15.2 Å². The first kappa shape index (κ1) is 11.3. The second-order valence-corrected chi connectivity index (χ2v) is 3.65. The van der Waals surface area contributed by atoms with E-state index in [1.807, 2.05) is 0 Å².